The topological polar surface area (TPSA) is 72.8 Å². The van der Waals surface area contributed by atoms with E-state index < -0.39 is 13.4 Å². The minimum atomic E-state index is -4.17. The van der Waals surface area contributed by atoms with E-state index in [1.54, 1.807) is 13.8 Å². The second kappa shape index (κ2) is 7.87. The molecule has 0 aromatic heterocycles. The molecule has 1 unspecified atom stereocenters. The Morgan fingerprint density at radius 2 is 1.76 bits per heavy atom. The van der Waals surface area contributed by atoms with Crippen LogP contribution in [0.3, 0.4) is 0 Å². The second-order valence-electron chi connectivity index (χ2n) is 6.31. The van der Waals surface area contributed by atoms with Crippen LogP contribution in [0.2, 0.25) is 0 Å². The molecule has 0 amide bonds. The molecule has 1 saturated carbocycles. The number of ketones is 1. The normalized spacial score (nSPS) is 19.8. The summed E-state index contributed by atoms with van der Waals surface area (Å²) in [6, 6.07) is 0. The molecular formula is C15H29O5P. The minimum Gasteiger partial charge on any atom is -0.302 e. The SMILES string of the molecule is CCCC(CCC)COP(=O)(O)OC1(C(=O)C(C)C)CC1. The van der Waals surface area contributed by atoms with Crippen molar-refractivity contribution in [2.24, 2.45) is 11.8 Å². The van der Waals surface area contributed by atoms with E-state index in [-0.39, 0.29) is 24.2 Å². The quantitative estimate of drug-likeness (QED) is 0.580. The minimum absolute atomic E-state index is 0.112. The standard InChI is InChI=1S/C15H29O5P/c1-5-7-13(8-6-2)11-19-21(17,18)20-15(9-10-15)14(16)12(3)4/h12-13H,5-11H2,1-4H3,(H,17,18). The summed E-state index contributed by atoms with van der Waals surface area (Å²) in [6.07, 6.45) is 4.96. The molecule has 0 radical (unpaired) electrons. The number of Topliss-reactive ketones (excluding diaryl/α,β-unsaturated/α-hetero) is 1. The van der Waals surface area contributed by atoms with E-state index in [0.717, 1.165) is 25.7 Å². The maximum absolute atomic E-state index is 12.1. The van der Waals surface area contributed by atoms with Crippen LogP contribution in [0.5, 0.6) is 0 Å². The maximum atomic E-state index is 12.1. The average molecular weight is 320 g/mol. The number of phosphoric ester groups is 1. The number of hydrogen-bond donors (Lipinski definition) is 1. The molecule has 0 bridgehead atoms. The molecule has 0 aromatic rings. The Kier molecular flexibility index (Phi) is 7.05. The van der Waals surface area contributed by atoms with Crippen LogP contribution < -0.4 is 0 Å². The van der Waals surface area contributed by atoms with Gasteiger partial charge in [0, 0.05) is 5.92 Å². The van der Waals surface area contributed by atoms with Crippen LogP contribution in [0.4, 0.5) is 0 Å². The number of hydrogen-bond acceptors (Lipinski definition) is 4. The van der Waals surface area contributed by atoms with Gasteiger partial charge in [0.2, 0.25) is 0 Å². The molecule has 1 N–H and O–H groups in total. The lowest BCUT2D eigenvalue weighted by molar-refractivity contribution is -0.131. The summed E-state index contributed by atoms with van der Waals surface area (Å²) in [6.45, 7) is 7.92. The monoisotopic (exact) mass is 320 g/mol. The van der Waals surface area contributed by atoms with Crippen molar-refractivity contribution in [2.75, 3.05) is 6.61 Å². The molecule has 1 aliphatic rings. The molecule has 1 atom stereocenters. The number of phosphoric acid groups is 1. The van der Waals surface area contributed by atoms with Gasteiger partial charge in [0.15, 0.2) is 5.78 Å². The molecule has 5 nitrogen and oxygen atoms in total. The molecule has 0 aliphatic heterocycles. The van der Waals surface area contributed by atoms with Crippen molar-refractivity contribution in [3.8, 4) is 0 Å². The fourth-order valence-corrected chi connectivity index (χ4v) is 3.76. The van der Waals surface area contributed by atoms with Gasteiger partial charge in [-0.1, -0.05) is 40.5 Å². The highest BCUT2D eigenvalue weighted by molar-refractivity contribution is 7.47. The lowest BCUT2D eigenvalue weighted by Crippen LogP contribution is -2.29. The van der Waals surface area contributed by atoms with Gasteiger partial charge in [-0.15, -0.1) is 0 Å². The Balaban J connectivity index is 2.54. The van der Waals surface area contributed by atoms with Crippen molar-refractivity contribution in [1.29, 1.82) is 0 Å². The van der Waals surface area contributed by atoms with E-state index in [2.05, 4.69) is 13.8 Å². The van der Waals surface area contributed by atoms with E-state index in [9.17, 15) is 14.3 Å². The third kappa shape index (κ3) is 5.82. The summed E-state index contributed by atoms with van der Waals surface area (Å²) in [5, 5.41) is 0. The molecule has 0 saturated heterocycles. The highest BCUT2D eigenvalue weighted by Gasteiger charge is 2.56. The molecule has 1 fully saturated rings. The smallest absolute Gasteiger partial charge is 0.302 e. The predicted octanol–water partition coefficient (Wildman–Crippen LogP) is 4.09. The number of rotatable bonds is 11. The van der Waals surface area contributed by atoms with E-state index >= 15 is 0 Å². The summed E-state index contributed by atoms with van der Waals surface area (Å²) < 4.78 is 22.4. The zero-order valence-electron chi connectivity index (χ0n) is 13.6. The average Bonchev–Trinajstić information content (AvgIpc) is 3.15. The van der Waals surface area contributed by atoms with Gasteiger partial charge in [0.25, 0.3) is 0 Å². The van der Waals surface area contributed by atoms with Gasteiger partial charge in [-0.05, 0) is 31.6 Å². The highest BCUT2D eigenvalue weighted by Crippen LogP contribution is 2.56. The van der Waals surface area contributed by atoms with Crippen LogP contribution in [0.25, 0.3) is 0 Å². The summed E-state index contributed by atoms with van der Waals surface area (Å²) in [4.78, 5) is 21.9. The molecule has 124 valence electrons. The second-order valence-corrected chi connectivity index (χ2v) is 7.69. The highest BCUT2D eigenvalue weighted by atomic mass is 31.2. The Morgan fingerprint density at radius 1 is 1.24 bits per heavy atom. The molecule has 0 spiro atoms. The predicted molar refractivity (Wildman–Crippen MR) is 82.0 cm³/mol. The maximum Gasteiger partial charge on any atom is 0.473 e. The number of carbonyl (C=O) groups excluding carboxylic acids is 1. The van der Waals surface area contributed by atoms with Crippen LogP contribution in [0.15, 0.2) is 0 Å². The van der Waals surface area contributed by atoms with E-state index in [1.807, 2.05) is 0 Å². The first-order valence-corrected chi connectivity index (χ1v) is 9.48. The first kappa shape index (κ1) is 18.8. The zero-order valence-corrected chi connectivity index (χ0v) is 14.5. The molecule has 6 heteroatoms. The van der Waals surface area contributed by atoms with Gasteiger partial charge in [-0.2, -0.15) is 0 Å². The Labute approximate surface area is 128 Å². The van der Waals surface area contributed by atoms with Crippen LogP contribution in [0.1, 0.15) is 66.2 Å². The van der Waals surface area contributed by atoms with Crippen molar-refractivity contribution in [2.45, 2.75) is 71.8 Å². The summed E-state index contributed by atoms with van der Waals surface area (Å²) in [7, 11) is -4.17. The van der Waals surface area contributed by atoms with Gasteiger partial charge >= 0.3 is 7.82 Å². The third-order valence-electron chi connectivity index (χ3n) is 3.83. The molecule has 0 heterocycles. The van der Waals surface area contributed by atoms with Crippen molar-refractivity contribution in [3.05, 3.63) is 0 Å². The van der Waals surface area contributed by atoms with E-state index in [1.165, 1.54) is 0 Å². The fraction of sp³-hybridized carbons (Fsp3) is 0.933. The Hall–Kier alpha value is -0.220. The van der Waals surface area contributed by atoms with Gasteiger partial charge in [-0.3, -0.25) is 13.8 Å². The first-order chi connectivity index (χ1) is 9.76. The van der Waals surface area contributed by atoms with Crippen molar-refractivity contribution >= 4 is 13.6 Å². The molecule has 1 rings (SSSR count). The van der Waals surface area contributed by atoms with E-state index in [0.29, 0.717) is 12.8 Å². The van der Waals surface area contributed by atoms with Gasteiger partial charge in [0.05, 0.1) is 6.61 Å². The fourth-order valence-electron chi connectivity index (χ4n) is 2.60. The summed E-state index contributed by atoms with van der Waals surface area (Å²) in [5.41, 5.74) is -1.08. The zero-order chi connectivity index (χ0) is 16.1. The summed E-state index contributed by atoms with van der Waals surface area (Å²) in [5.74, 6) is -0.0560. The molecular weight excluding hydrogens is 291 g/mol. The lowest BCUT2D eigenvalue weighted by atomic mass is 10.00. The van der Waals surface area contributed by atoms with Crippen LogP contribution >= 0.6 is 7.82 Å². The van der Waals surface area contributed by atoms with Gasteiger partial charge in [-0.25, -0.2) is 4.57 Å². The first-order valence-electron chi connectivity index (χ1n) is 7.98. The van der Waals surface area contributed by atoms with Crippen molar-refractivity contribution in [3.63, 3.8) is 0 Å². The lowest BCUT2D eigenvalue weighted by Gasteiger charge is -2.22. The molecule has 21 heavy (non-hydrogen) atoms. The summed E-state index contributed by atoms with van der Waals surface area (Å²) >= 11 is 0. The van der Waals surface area contributed by atoms with Crippen molar-refractivity contribution in [1.82, 2.24) is 0 Å². The largest absolute Gasteiger partial charge is 0.473 e. The van der Waals surface area contributed by atoms with Gasteiger partial charge < -0.3 is 4.89 Å². The van der Waals surface area contributed by atoms with Gasteiger partial charge in [0.1, 0.15) is 5.60 Å². The molecule has 1 aliphatic carbocycles. The van der Waals surface area contributed by atoms with Crippen LogP contribution in [-0.4, -0.2) is 22.9 Å². The Bertz CT molecular complexity index is 384. The van der Waals surface area contributed by atoms with Crippen LogP contribution in [0, 0.1) is 11.8 Å². The molecule has 0 aromatic carbocycles. The van der Waals surface area contributed by atoms with Crippen LogP contribution in [-0.2, 0) is 18.4 Å². The third-order valence-corrected chi connectivity index (χ3v) is 4.89. The van der Waals surface area contributed by atoms with Crippen molar-refractivity contribution < 1.29 is 23.3 Å². The van der Waals surface area contributed by atoms with E-state index in [4.69, 9.17) is 9.05 Å². The number of carbonyl (C=O) groups is 1. The Morgan fingerprint density at radius 3 is 2.14 bits per heavy atom.